The molecule has 0 saturated carbocycles. The van der Waals surface area contributed by atoms with Crippen LogP contribution >= 0.6 is 0 Å². The summed E-state index contributed by atoms with van der Waals surface area (Å²) in [6.45, 7) is 6.90. The van der Waals surface area contributed by atoms with Gasteiger partial charge in [-0.3, -0.25) is 4.90 Å². The van der Waals surface area contributed by atoms with Crippen LogP contribution in [-0.2, 0) is 4.74 Å². The van der Waals surface area contributed by atoms with E-state index in [2.05, 4.69) is 15.0 Å². The molecular formula is C18H23N5O4. The molecule has 2 aliphatic rings. The molecule has 144 valence electrons. The van der Waals surface area contributed by atoms with E-state index in [9.17, 15) is 14.7 Å². The third-order valence-electron chi connectivity index (χ3n) is 5.00. The molecule has 2 fully saturated rings. The summed E-state index contributed by atoms with van der Waals surface area (Å²) in [6.07, 6.45) is 4.61. The Balaban J connectivity index is 1.56. The van der Waals surface area contributed by atoms with Crippen molar-refractivity contribution in [3.05, 3.63) is 24.0 Å². The lowest BCUT2D eigenvalue weighted by atomic mass is 10.2. The summed E-state index contributed by atoms with van der Waals surface area (Å²) in [5.74, 6) is -0.351. The first-order valence-corrected chi connectivity index (χ1v) is 9.07. The van der Waals surface area contributed by atoms with Crippen LogP contribution in [0.4, 0.5) is 10.6 Å². The van der Waals surface area contributed by atoms with Gasteiger partial charge in [0.15, 0.2) is 5.65 Å². The van der Waals surface area contributed by atoms with Crippen LogP contribution in [0.5, 0.6) is 0 Å². The predicted octanol–water partition coefficient (Wildman–Crippen LogP) is 2.02. The van der Waals surface area contributed by atoms with Crippen LogP contribution in [0.1, 0.15) is 44.0 Å². The largest absolute Gasteiger partial charge is 0.477 e. The summed E-state index contributed by atoms with van der Waals surface area (Å²) in [5, 5.41) is 13.3. The second-order valence-electron chi connectivity index (χ2n) is 8.09. The summed E-state index contributed by atoms with van der Waals surface area (Å²) in [7, 11) is 0. The van der Waals surface area contributed by atoms with Crippen molar-refractivity contribution in [1.82, 2.24) is 19.5 Å². The molecule has 0 aromatic carbocycles. The van der Waals surface area contributed by atoms with Crippen molar-refractivity contribution in [3.63, 3.8) is 0 Å². The Morgan fingerprint density at radius 3 is 2.48 bits per heavy atom. The highest BCUT2D eigenvalue weighted by Gasteiger charge is 2.44. The highest BCUT2D eigenvalue weighted by molar-refractivity contribution is 5.94. The molecular weight excluding hydrogens is 350 g/mol. The van der Waals surface area contributed by atoms with Gasteiger partial charge in [0.25, 0.3) is 0 Å². The Morgan fingerprint density at radius 2 is 1.89 bits per heavy atom. The smallest absolute Gasteiger partial charge is 0.410 e. The number of fused-ring (bicyclic) bond motifs is 3. The van der Waals surface area contributed by atoms with Gasteiger partial charge < -0.3 is 14.7 Å². The Kier molecular flexibility index (Phi) is 3.97. The van der Waals surface area contributed by atoms with E-state index < -0.39 is 11.6 Å². The molecule has 1 N–H and O–H groups in total. The quantitative estimate of drug-likeness (QED) is 0.859. The zero-order valence-corrected chi connectivity index (χ0v) is 15.6. The number of carboxylic acid groups (broad SMARTS) is 1. The minimum Gasteiger partial charge on any atom is -0.477 e. The van der Waals surface area contributed by atoms with Crippen molar-refractivity contribution in [3.8, 4) is 0 Å². The zero-order chi connectivity index (χ0) is 19.3. The Morgan fingerprint density at radius 1 is 1.22 bits per heavy atom. The van der Waals surface area contributed by atoms with E-state index in [4.69, 9.17) is 4.74 Å². The third kappa shape index (κ3) is 3.17. The van der Waals surface area contributed by atoms with Gasteiger partial charge in [-0.25, -0.2) is 19.1 Å². The molecule has 2 atom stereocenters. The molecule has 2 saturated heterocycles. The first-order chi connectivity index (χ1) is 12.7. The maximum atomic E-state index is 12.6. The number of amides is 1. The minimum atomic E-state index is -1.05. The number of piperazine rings is 1. The average Bonchev–Trinajstić information content (AvgIpc) is 3.11. The van der Waals surface area contributed by atoms with Gasteiger partial charge in [0.2, 0.25) is 0 Å². The molecule has 1 amide bonds. The number of hydrogen-bond donors (Lipinski definition) is 1. The molecule has 2 aliphatic heterocycles. The number of carbonyl (C=O) groups excluding carboxylic acids is 1. The normalized spacial score (nSPS) is 22.3. The fourth-order valence-corrected chi connectivity index (χ4v) is 3.89. The molecule has 4 heterocycles. The first kappa shape index (κ1) is 17.6. The third-order valence-corrected chi connectivity index (χ3v) is 5.00. The molecule has 9 heteroatoms. The number of aromatic carboxylic acids is 1. The van der Waals surface area contributed by atoms with E-state index >= 15 is 0 Å². The van der Waals surface area contributed by atoms with Gasteiger partial charge in [-0.15, -0.1) is 0 Å². The second kappa shape index (κ2) is 6.11. The van der Waals surface area contributed by atoms with Crippen LogP contribution in [0.15, 0.2) is 18.5 Å². The van der Waals surface area contributed by atoms with E-state index in [-0.39, 0.29) is 23.7 Å². The van der Waals surface area contributed by atoms with Gasteiger partial charge in [-0.2, -0.15) is 5.10 Å². The molecule has 2 unspecified atom stereocenters. The van der Waals surface area contributed by atoms with Crippen molar-refractivity contribution in [2.24, 2.45) is 0 Å². The highest BCUT2D eigenvalue weighted by atomic mass is 16.6. The average molecular weight is 373 g/mol. The Labute approximate surface area is 156 Å². The molecule has 2 aromatic heterocycles. The van der Waals surface area contributed by atoms with Crippen molar-refractivity contribution >= 4 is 23.5 Å². The van der Waals surface area contributed by atoms with Gasteiger partial charge >= 0.3 is 12.1 Å². The standard InChI is InChI=1S/C18H23N5O4/c1-18(2,3)27-17(26)23-11-4-5-12(23)10-21(9-11)14-6-7-22-15(20-14)13(8-19-22)16(24)25/h6-8,11-12H,4-5,9-10H2,1-3H3,(H,24,25). The summed E-state index contributed by atoms with van der Waals surface area (Å²) >= 11 is 0. The van der Waals surface area contributed by atoms with Crippen molar-refractivity contribution in [2.45, 2.75) is 51.3 Å². The summed E-state index contributed by atoms with van der Waals surface area (Å²) in [6, 6.07) is 1.97. The molecule has 2 aromatic rings. The van der Waals surface area contributed by atoms with Gasteiger partial charge in [-0.05, 0) is 39.7 Å². The number of ether oxygens (including phenoxy) is 1. The van der Waals surface area contributed by atoms with Crippen LogP contribution in [0.2, 0.25) is 0 Å². The number of anilines is 1. The van der Waals surface area contributed by atoms with E-state index in [0.29, 0.717) is 24.6 Å². The zero-order valence-electron chi connectivity index (χ0n) is 15.6. The van der Waals surface area contributed by atoms with Crippen LogP contribution in [0.25, 0.3) is 5.65 Å². The van der Waals surface area contributed by atoms with Gasteiger partial charge in [0.05, 0.1) is 18.3 Å². The van der Waals surface area contributed by atoms with E-state index in [1.54, 1.807) is 6.20 Å². The van der Waals surface area contributed by atoms with E-state index in [1.807, 2.05) is 31.7 Å². The predicted molar refractivity (Wildman–Crippen MR) is 97.0 cm³/mol. The maximum Gasteiger partial charge on any atom is 0.410 e. The maximum absolute atomic E-state index is 12.6. The molecule has 0 spiro atoms. The SMILES string of the molecule is CC(C)(C)OC(=O)N1C2CCC1CN(c1ccn3ncc(C(=O)O)c3n1)C2. The van der Waals surface area contributed by atoms with E-state index in [1.165, 1.54) is 10.7 Å². The first-order valence-electron chi connectivity index (χ1n) is 9.07. The number of carbonyl (C=O) groups is 2. The van der Waals surface area contributed by atoms with Crippen LogP contribution < -0.4 is 4.90 Å². The van der Waals surface area contributed by atoms with Gasteiger partial charge in [-0.1, -0.05) is 0 Å². The van der Waals surface area contributed by atoms with Crippen LogP contribution in [0.3, 0.4) is 0 Å². The topological polar surface area (TPSA) is 100 Å². The Bertz CT molecular complexity index is 889. The highest BCUT2D eigenvalue weighted by Crippen LogP contribution is 2.33. The fraction of sp³-hybridized carbons (Fsp3) is 0.556. The molecule has 2 bridgehead atoms. The number of nitrogens with zero attached hydrogens (tertiary/aromatic N) is 5. The van der Waals surface area contributed by atoms with E-state index in [0.717, 1.165) is 12.8 Å². The fourth-order valence-electron chi connectivity index (χ4n) is 3.89. The summed E-state index contributed by atoms with van der Waals surface area (Å²) < 4.78 is 7.02. The Hall–Kier alpha value is -2.84. The van der Waals surface area contributed by atoms with Crippen molar-refractivity contribution in [2.75, 3.05) is 18.0 Å². The lowest BCUT2D eigenvalue weighted by molar-refractivity contribution is 0.0122. The van der Waals surface area contributed by atoms with Crippen molar-refractivity contribution in [1.29, 1.82) is 0 Å². The molecule has 0 aliphatic carbocycles. The minimum absolute atomic E-state index is 0.0699. The summed E-state index contributed by atoms with van der Waals surface area (Å²) in [4.78, 5) is 32.4. The molecule has 27 heavy (non-hydrogen) atoms. The number of aromatic nitrogens is 3. The molecule has 4 rings (SSSR count). The number of hydrogen-bond acceptors (Lipinski definition) is 6. The summed E-state index contributed by atoms with van der Waals surface area (Å²) in [5.41, 5.74) is -0.121. The van der Waals surface area contributed by atoms with Gasteiger partial charge in [0, 0.05) is 19.3 Å². The van der Waals surface area contributed by atoms with Crippen LogP contribution in [-0.4, -0.2) is 67.4 Å². The lowest BCUT2D eigenvalue weighted by Crippen LogP contribution is -2.57. The number of carboxylic acids is 1. The molecule has 9 nitrogen and oxygen atoms in total. The van der Waals surface area contributed by atoms with Crippen molar-refractivity contribution < 1.29 is 19.4 Å². The monoisotopic (exact) mass is 373 g/mol. The molecule has 0 radical (unpaired) electrons. The van der Waals surface area contributed by atoms with Crippen LogP contribution in [0, 0.1) is 0 Å². The lowest BCUT2D eigenvalue weighted by Gasteiger charge is -2.41. The number of rotatable bonds is 2. The van der Waals surface area contributed by atoms with Gasteiger partial charge in [0.1, 0.15) is 17.0 Å². The second-order valence-corrected chi connectivity index (χ2v) is 8.09.